The molecule has 0 unspecified atom stereocenters. The van der Waals surface area contributed by atoms with Crippen LogP contribution in [0.2, 0.25) is 0 Å². The molecule has 0 saturated carbocycles. The molecule has 1 aliphatic heterocycles. The molecule has 0 aromatic rings. The van der Waals surface area contributed by atoms with Crippen LogP contribution in [0, 0.1) is 0 Å². The molecular formula is C9H15BrN2. The number of allylic oxidation sites excluding steroid dienone is 3. The zero-order valence-electron chi connectivity index (χ0n) is 7.15. The van der Waals surface area contributed by atoms with Crippen LogP contribution in [0.1, 0.15) is 25.7 Å². The zero-order chi connectivity index (χ0) is 8.65. The maximum atomic E-state index is 3.43. The molecule has 0 atom stereocenters. The number of halogens is 1. The van der Waals surface area contributed by atoms with Gasteiger partial charge in [0.2, 0.25) is 0 Å². The molecule has 3 heteroatoms. The van der Waals surface area contributed by atoms with E-state index in [1.165, 1.54) is 25.7 Å². The fourth-order valence-electron chi connectivity index (χ4n) is 1.09. The van der Waals surface area contributed by atoms with Gasteiger partial charge in [-0.1, -0.05) is 18.6 Å². The van der Waals surface area contributed by atoms with Crippen LogP contribution in [0.3, 0.4) is 0 Å². The van der Waals surface area contributed by atoms with Gasteiger partial charge in [0.1, 0.15) is 0 Å². The lowest BCUT2D eigenvalue weighted by Gasteiger charge is -2.02. The minimum Gasteiger partial charge on any atom is -0.328 e. The molecular weight excluding hydrogens is 216 g/mol. The van der Waals surface area contributed by atoms with Gasteiger partial charge in [0.15, 0.2) is 0 Å². The van der Waals surface area contributed by atoms with E-state index >= 15 is 0 Å². The van der Waals surface area contributed by atoms with E-state index in [9.17, 15) is 0 Å². The van der Waals surface area contributed by atoms with E-state index in [1.807, 2.05) is 6.20 Å². The topological polar surface area (TPSA) is 24.1 Å². The van der Waals surface area contributed by atoms with Gasteiger partial charge in [-0.3, -0.25) is 0 Å². The van der Waals surface area contributed by atoms with Crippen LogP contribution in [-0.4, -0.2) is 6.54 Å². The number of hydrogen-bond donors (Lipinski definition) is 2. The largest absolute Gasteiger partial charge is 0.328 e. The molecule has 2 nitrogen and oxygen atoms in total. The third kappa shape index (κ3) is 4.57. The van der Waals surface area contributed by atoms with Crippen molar-refractivity contribution in [2.75, 3.05) is 6.54 Å². The van der Waals surface area contributed by atoms with E-state index in [0.717, 1.165) is 11.0 Å². The molecule has 0 spiro atoms. The minimum atomic E-state index is 1.04. The average Bonchev–Trinajstić information content (AvgIpc) is 2.11. The second kappa shape index (κ2) is 6.26. The summed E-state index contributed by atoms with van der Waals surface area (Å²) in [5, 5.41) is 0. The van der Waals surface area contributed by atoms with Crippen molar-refractivity contribution in [3.8, 4) is 0 Å². The van der Waals surface area contributed by atoms with Crippen molar-refractivity contribution in [2.24, 2.45) is 0 Å². The average molecular weight is 231 g/mol. The van der Waals surface area contributed by atoms with Crippen molar-refractivity contribution >= 4 is 15.9 Å². The Labute approximate surface area is 82.2 Å². The van der Waals surface area contributed by atoms with E-state index in [1.54, 1.807) is 0 Å². The maximum Gasteiger partial charge on any atom is 0.0343 e. The lowest BCUT2D eigenvalue weighted by atomic mass is 10.2. The van der Waals surface area contributed by atoms with E-state index in [-0.39, 0.29) is 0 Å². The Morgan fingerprint density at radius 2 is 2.17 bits per heavy atom. The molecule has 0 aromatic carbocycles. The Balaban J connectivity index is 2.37. The normalized spacial score (nSPS) is 20.6. The first-order valence-corrected chi connectivity index (χ1v) is 5.19. The van der Waals surface area contributed by atoms with E-state index < -0.39 is 0 Å². The van der Waals surface area contributed by atoms with Gasteiger partial charge in [-0.2, -0.15) is 0 Å². The van der Waals surface area contributed by atoms with Gasteiger partial charge < -0.3 is 5.43 Å². The predicted molar refractivity (Wildman–Crippen MR) is 55.8 cm³/mol. The number of nitrogens with one attached hydrogen (secondary N) is 2. The summed E-state index contributed by atoms with van der Waals surface area (Å²) >= 11 is 3.43. The standard InChI is InChI=1S/C9H15BrN2/c10-9-6-4-2-1-3-5-7-11-12-8-9/h4,6,8,11-12H,1-3,5,7H2. The van der Waals surface area contributed by atoms with Crippen molar-refractivity contribution in [2.45, 2.75) is 25.7 Å². The molecule has 1 heterocycles. The SMILES string of the molecule is BrC1=CNNCCCCCC=C1. The van der Waals surface area contributed by atoms with Crippen LogP contribution in [0.5, 0.6) is 0 Å². The predicted octanol–water partition coefficient (Wildman–Crippen LogP) is 2.45. The lowest BCUT2D eigenvalue weighted by Crippen LogP contribution is -2.27. The second-order valence-electron chi connectivity index (χ2n) is 2.85. The zero-order valence-corrected chi connectivity index (χ0v) is 8.73. The molecule has 1 aliphatic rings. The van der Waals surface area contributed by atoms with Crippen LogP contribution in [0.15, 0.2) is 22.8 Å². The first kappa shape index (κ1) is 9.81. The Hall–Kier alpha value is -0.280. The Bertz CT molecular complexity index is 175. The van der Waals surface area contributed by atoms with Gasteiger partial charge in [-0.15, -0.1) is 0 Å². The van der Waals surface area contributed by atoms with Crippen molar-refractivity contribution in [3.63, 3.8) is 0 Å². The quantitative estimate of drug-likeness (QED) is 0.669. The highest BCUT2D eigenvalue weighted by Gasteiger charge is 1.90. The van der Waals surface area contributed by atoms with Crippen LogP contribution in [0.4, 0.5) is 0 Å². The summed E-state index contributed by atoms with van der Waals surface area (Å²) in [6.07, 6.45) is 11.2. The Morgan fingerprint density at radius 3 is 3.08 bits per heavy atom. The molecule has 0 aromatic heterocycles. The summed E-state index contributed by atoms with van der Waals surface area (Å²) < 4.78 is 1.08. The molecule has 1 rings (SSSR count). The summed E-state index contributed by atoms with van der Waals surface area (Å²) in [7, 11) is 0. The summed E-state index contributed by atoms with van der Waals surface area (Å²) in [4.78, 5) is 0. The fourth-order valence-corrected chi connectivity index (χ4v) is 1.39. The number of rotatable bonds is 0. The van der Waals surface area contributed by atoms with Gasteiger partial charge in [0, 0.05) is 17.2 Å². The molecule has 0 radical (unpaired) electrons. The third-order valence-electron chi connectivity index (χ3n) is 1.76. The summed E-state index contributed by atoms with van der Waals surface area (Å²) in [6, 6.07) is 0. The van der Waals surface area contributed by atoms with Crippen LogP contribution in [0.25, 0.3) is 0 Å². The minimum absolute atomic E-state index is 1.04. The summed E-state index contributed by atoms with van der Waals surface area (Å²) in [5.74, 6) is 0. The van der Waals surface area contributed by atoms with Gasteiger partial charge >= 0.3 is 0 Å². The van der Waals surface area contributed by atoms with Gasteiger partial charge in [-0.05, 0) is 35.2 Å². The molecule has 12 heavy (non-hydrogen) atoms. The first-order valence-electron chi connectivity index (χ1n) is 4.40. The highest BCUT2D eigenvalue weighted by atomic mass is 79.9. The summed E-state index contributed by atoms with van der Waals surface area (Å²) in [6.45, 7) is 1.04. The summed E-state index contributed by atoms with van der Waals surface area (Å²) in [5.41, 5.74) is 6.15. The Kier molecular flexibility index (Phi) is 5.11. The molecule has 0 bridgehead atoms. The number of hydrogen-bond acceptors (Lipinski definition) is 2. The molecule has 0 saturated heterocycles. The van der Waals surface area contributed by atoms with Crippen molar-refractivity contribution < 1.29 is 0 Å². The van der Waals surface area contributed by atoms with Crippen molar-refractivity contribution in [1.29, 1.82) is 0 Å². The third-order valence-corrected chi connectivity index (χ3v) is 2.26. The van der Waals surface area contributed by atoms with Gasteiger partial charge in [0.25, 0.3) is 0 Å². The Morgan fingerprint density at radius 1 is 1.25 bits per heavy atom. The van der Waals surface area contributed by atoms with Crippen LogP contribution >= 0.6 is 15.9 Å². The molecule has 0 fully saturated rings. The van der Waals surface area contributed by atoms with Gasteiger partial charge in [0.05, 0.1) is 0 Å². The highest BCUT2D eigenvalue weighted by Crippen LogP contribution is 2.07. The maximum absolute atomic E-state index is 3.43. The van der Waals surface area contributed by atoms with Crippen molar-refractivity contribution in [1.82, 2.24) is 10.9 Å². The van der Waals surface area contributed by atoms with E-state index in [0.29, 0.717) is 0 Å². The van der Waals surface area contributed by atoms with E-state index in [2.05, 4.69) is 38.9 Å². The highest BCUT2D eigenvalue weighted by molar-refractivity contribution is 9.11. The fraction of sp³-hybridized carbons (Fsp3) is 0.556. The molecule has 68 valence electrons. The van der Waals surface area contributed by atoms with Crippen molar-refractivity contribution in [3.05, 3.63) is 22.8 Å². The monoisotopic (exact) mass is 230 g/mol. The van der Waals surface area contributed by atoms with Crippen LogP contribution in [-0.2, 0) is 0 Å². The first-order chi connectivity index (χ1) is 5.89. The number of hydrazine groups is 1. The van der Waals surface area contributed by atoms with Gasteiger partial charge in [-0.25, -0.2) is 5.43 Å². The molecule has 2 N–H and O–H groups in total. The second-order valence-corrected chi connectivity index (χ2v) is 3.77. The smallest absolute Gasteiger partial charge is 0.0343 e. The van der Waals surface area contributed by atoms with E-state index in [4.69, 9.17) is 0 Å². The van der Waals surface area contributed by atoms with Crippen LogP contribution < -0.4 is 10.9 Å². The molecule has 0 amide bonds. The molecule has 0 aliphatic carbocycles. The lowest BCUT2D eigenvalue weighted by molar-refractivity contribution is 0.571.